The molecule has 0 aliphatic rings. The number of rotatable bonds is 17. The van der Waals surface area contributed by atoms with E-state index in [-0.39, 0.29) is 11.9 Å². The first kappa shape index (κ1) is 26.2. The third-order valence-corrected chi connectivity index (χ3v) is 5.68. The predicted molar refractivity (Wildman–Crippen MR) is 123 cm³/mol. The van der Waals surface area contributed by atoms with Crippen molar-refractivity contribution in [2.24, 2.45) is 5.92 Å². The van der Waals surface area contributed by atoms with Crippen LogP contribution in [0.1, 0.15) is 111 Å². The van der Waals surface area contributed by atoms with Crippen LogP contribution in [0.5, 0.6) is 11.5 Å². The fourth-order valence-electron chi connectivity index (χ4n) is 3.59. The summed E-state index contributed by atoms with van der Waals surface area (Å²) in [5.41, 5.74) is 0. The molecule has 0 aliphatic heterocycles. The number of para-hydroxylation sites is 2. The highest BCUT2D eigenvalue weighted by Gasteiger charge is 2.13. The van der Waals surface area contributed by atoms with Crippen LogP contribution in [-0.4, -0.2) is 11.9 Å². The molecule has 0 heterocycles. The van der Waals surface area contributed by atoms with Gasteiger partial charge in [-0.15, -0.1) is 0 Å². The Balaban J connectivity index is 2.27. The Morgan fingerprint density at radius 3 is 1.67 bits per heavy atom. The lowest BCUT2D eigenvalue weighted by Gasteiger charge is -2.11. The molecule has 0 amide bonds. The molecular formula is C26H42O4. The normalized spacial score (nSPS) is 10.9. The molecule has 1 aromatic rings. The summed E-state index contributed by atoms with van der Waals surface area (Å²) in [6.07, 6.45) is 14.3. The van der Waals surface area contributed by atoms with Crippen molar-refractivity contribution in [3.05, 3.63) is 24.3 Å². The third-order valence-electron chi connectivity index (χ3n) is 5.68. The lowest BCUT2D eigenvalue weighted by Crippen LogP contribution is -2.12. The molecule has 170 valence electrons. The van der Waals surface area contributed by atoms with Crippen molar-refractivity contribution in [3.8, 4) is 11.5 Å². The maximum absolute atomic E-state index is 12.2. The van der Waals surface area contributed by atoms with E-state index in [2.05, 4.69) is 20.8 Å². The van der Waals surface area contributed by atoms with Gasteiger partial charge in [0.2, 0.25) is 0 Å². The van der Waals surface area contributed by atoms with Gasteiger partial charge < -0.3 is 9.47 Å². The van der Waals surface area contributed by atoms with Crippen LogP contribution >= 0.6 is 0 Å². The maximum atomic E-state index is 12.2. The zero-order valence-electron chi connectivity index (χ0n) is 19.4. The molecule has 0 aromatic heterocycles. The number of carbonyl (C=O) groups excluding carboxylic acids is 2. The van der Waals surface area contributed by atoms with Crippen molar-refractivity contribution in [1.29, 1.82) is 0 Å². The highest BCUT2D eigenvalue weighted by molar-refractivity contribution is 5.76. The van der Waals surface area contributed by atoms with Crippen LogP contribution in [0, 0.1) is 5.92 Å². The molecule has 0 atom stereocenters. The van der Waals surface area contributed by atoms with Crippen LogP contribution in [-0.2, 0) is 9.59 Å². The Morgan fingerprint density at radius 1 is 0.700 bits per heavy atom. The molecule has 0 N–H and O–H groups in total. The minimum Gasteiger partial charge on any atom is -0.423 e. The number of ether oxygens (including phenoxy) is 2. The Morgan fingerprint density at radius 2 is 1.17 bits per heavy atom. The fourth-order valence-corrected chi connectivity index (χ4v) is 3.59. The van der Waals surface area contributed by atoms with Gasteiger partial charge in [-0.2, -0.15) is 0 Å². The smallest absolute Gasteiger partial charge is 0.311 e. The first-order valence-electron chi connectivity index (χ1n) is 12.1. The molecule has 0 radical (unpaired) electrons. The van der Waals surface area contributed by atoms with E-state index in [9.17, 15) is 9.59 Å². The Hall–Kier alpha value is -1.84. The summed E-state index contributed by atoms with van der Waals surface area (Å²) in [7, 11) is 0. The van der Waals surface area contributed by atoms with Crippen LogP contribution in [0.25, 0.3) is 0 Å². The van der Waals surface area contributed by atoms with Crippen molar-refractivity contribution < 1.29 is 19.1 Å². The number of benzene rings is 1. The van der Waals surface area contributed by atoms with Gasteiger partial charge in [-0.25, -0.2) is 0 Å². The third kappa shape index (κ3) is 12.0. The Bertz CT molecular complexity index is 592. The van der Waals surface area contributed by atoms with Gasteiger partial charge in [0.1, 0.15) is 0 Å². The van der Waals surface area contributed by atoms with Crippen LogP contribution in [0.15, 0.2) is 24.3 Å². The van der Waals surface area contributed by atoms with E-state index in [0.29, 0.717) is 24.3 Å². The predicted octanol–water partition coefficient (Wildman–Crippen LogP) is 7.63. The lowest BCUT2D eigenvalue weighted by atomic mass is 9.96. The van der Waals surface area contributed by atoms with Gasteiger partial charge in [-0.3, -0.25) is 9.59 Å². The summed E-state index contributed by atoms with van der Waals surface area (Å²) >= 11 is 0. The Labute approximate surface area is 183 Å². The van der Waals surface area contributed by atoms with Gasteiger partial charge in [0.15, 0.2) is 11.5 Å². The monoisotopic (exact) mass is 418 g/mol. The number of carbonyl (C=O) groups is 2. The standard InChI is InChI=1S/C26H42O4/c1-4-7-8-13-20-25(27)29-23-18-15-16-19-24(23)30-26(28)21-14-11-9-10-12-17-22(5-2)6-3/h15-16,18-19,22H,4-14,17,20-21H2,1-3H3. The van der Waals surface area contributed by atoms with Crippen LogP contribution < -0.4 is 9.47 Å². The molecule has 0 unspecified atom stereocenters. The summed E-state index contributed by atoms with van der Waals surface area (Å²) in [6.45, 7) is 6.68. The van der Waals surface area contributed by atoms with E-state index in [1.807, 2.05) is 0 Å². The average molecular weight is 419 g/mol. The average Bonchev–Trinajstić information content (AvgIpc) is 2.74. The van der Waals surface area contributed by atoms with Gasteiger partial charge in [0, 0.05) is 12.8 Å². The van der Waals surface area contributed by atoms with E-state index >= 15 is 0 Å². The molecule has 0 aliphatic carbocycles. The minimum atomic E-state index is -0.275. The second-order valence-electron chi connectivity index (χ2n) is 8.19. The van der Waals surface area contributed by atoms with Gasteiger partial charge in [0.05, 0.1) is 0 Å². The highest BCUT2D eigenvalue weighted by atomic mass is 16.6. The molecule has 1 rings (SSSR count). The molecule has 0 fully saturated rings. The Kier molecular flexibility index (Phi) is 14.8. The molecule has 0 saturated heterocycles. The lowest BCUT2D eigenvalue weighted by molar-refractivity contribution is -0.137. The summed E-state index contributed by atoms with van der Waals surface area (Å²) in [4.78, 5) is 24.2. The molecule has 0 spiro atoms. The molecular weight excluding hydrogens is 376 g/mol. The van der Waals surface area contributed by atoms with Gasteiger partial charge in [-0.05, 0) is 30.9 Å². The van der Waals surface area contributed by atoms with Gasteiger partial charge in [-0.1, -0.05) is 97.1 Å². The van der Waals surface area contributed by atoms with Crippen molar-refractivity contribution in [1.82, 2.24) is 0 Å². The van der Waals surface area contributed by atoms with E-state index in [1.165, 1.54) is 38.5 Å². The van der Waals surface area contributed by atoms with E-state index in [4.69, 9.17) is 9.47 Å². The quantitative estimate of drug-likeness (QED) is 0.148. The second-order valence-corrected chi connectivity index (χ2v) is 8.19. The van der Waals surface area contributed by atoms with Crippen LogP contribution in [0.3, 0.4) is 0 Å². The van der Waals surface area contributed by atoms with Crippen molar-refractivity contribution >= 4 is 11.9 Å². The van der Waals surface area contributed by atoms with Gasteiger partial charge >= 0.3 is 11.9 Å². The first-order chi connectivity index (χ1) is 14.6. The first-order valence-corrected chi connectivity index (χ1v) is 12.1. The SMILES string of the molecule is CCCCCCC(=O)Oc1ccccc1OC(=O)CCCCCCCC(CC)CC. The zero-order valence-corrected chi connectivity index (χ0v) is 19.4. The maximum Gasteiger partial charge on any atom is 0.311 e. The summed E-state index contributed by atoms with van der Waals surface area (Å²) in [5.74, 6) is 0.981. The zero-order chi connectivity index (χ0) is 22.0. The molecule has 30 heavy (non-hydrogen) atoms. The van der Waals surface area contributed by atoms with Crippen LogP contribution in [0.2, 0.25) is 0 Å². The molecule has 0 saturated carbocycles. The van der Waals surface area contributed by atoms with Crippen LogP contribution in [0.4, 0.5) is 0 Å². The van der Waals surface area contributed by atoms with E-state index in [1.54, 1.807) is 24.3 Å². The second kappa shape index (κ2) is 16.9. The number of esters is 2. The molecule has 0 bridgehead atoms. The fraction of sp³-hybridized carbons (Fsp3) is 0.692. The largest absolute Gasteiger partial charge is 0.423 e. The van der Waals surface area contributed by atoms with Crippen molar-refractivity contribution in [2.75, 3.05) is 0 Å². The highest BCUT2D eigenvalue weighted by Crippen LogP contribution is 2.27. The minimum absolute atomic E-state index is 0.265. The molecule has 1 aromatic carbocycles. The molecule has 4 heteroatoms. The topological polar surface area (TPSA) is 52.6 Å². The molecule has 4 nitrogen and oxygen atoms in total. The van der Waals surface area contributed by atoms with E-state index < -0.39 is 0 Å². The van der Waals surface area contributed by atoms with Gasteiger partial charge in [0.25, 0.3) is 0 Å². The summed E-state index contributed by atoms with van der Waals surface area (Å²) in [6, 6.07) is 6.90. The summed E-state index contributed by atoms with van der Waals surface area (Å²) < 4.78 is 10.9. The summed E-state index contributed by atoms with van der Waals surface area (Å²) in [5, 5.41) is 0. The number of unbranched alkanes of at least 4 members (excludes halogenated alkanes) is 7. The number of hydrogen-bond acceptors (Lipinski definition) is 4. The number of hydrogen-bond donors (Lipinski definition) is 0. The van der Waals surface area contributed by atoms with E-state index in [0.717, 1.165) is 44.4 Å². The van der Waals surface area contributed by atoms with Crippen molar-refractivity contribution in [2.45, 2.75) is 111 Å². The van der Waals surface area contributed by atoms with Crippen molar-refractivity contribution in [3.63, 3.8) is 0 Å².